The van der Waals surface area contributed by atoms with Gasteiger partial charge in [0.15, 0.2) is 0 Å². The van der Waals surface area contributed by atoms with Crippen LogP contribution in [0.3, 0.4) is 0 Å². The largest absolute Gasteiger partial charge is 0.456 e. The Kier molecular flexibility index (Phi) is 4.22. The van der Waals surface area contributed by atoms with Crippen molar-refractivity contribution in [2.45, 2.75) is 20.8 Å². The lowest BCUT2D eigenvalue weighted by Crippen LogP contribution is -2.21. The maximum absolute atomic E-state index is 9.21. The van der Waals surface area contributed by atoms with E-state index in [1.54, 1.807) is 6.07 Å². The fourth-order valence-electron chi connectivity index (χ4n) is 3.99. The molecule has 134 valence electrons. The normalized spacial score (nSPS) is 11.5. The van der Waals surface area contributed by atoms with Crippen LogP contribution in [0.5, 0.6) is 11.5 Å². The Hall–Kier alpha value is -3.82. The van der Waals surface area contributed by atoms with Crippen LogP contribution in [0.4, 0.5) is 0 Å². The summed E-state index contributed by atoms with van der Waals surface area (Å²) in [6.45, 7) is 6.37. The highest BCUT2D eigenvalue weighted by atomic mass is 16.5. The van der Waals surface area contributed by atoms with Crippen molar-refractivity contribution in [1.29, 1.82) is 10.5 Å². The molecule has 0 unspecified atom stereocenters. The topological polar surface area (TPSA) is 56.8 Å². The fraction of sp³-hybridized carbons (Fsp3) is 0.120. The second kappa shape index (κ2) is 6.72. The van der Waals surface area contributed by atoms with Gasteiger partial charge in [0, 0.05) is 21.6 Å². The molecule has 0 N–H and O–H groups in total. The van der Waals surface area contributed by atoms with Crippen molar-refractivity contribution < 1.29 is 4.74 Å². The van der Waals surface area contributed by atoms with E-state index in [9.17, 15) is 10.5 Å². The number of aryl methyl sites for hydroxylation is 3. The van der Waals surface area contributed by atoms with E-state index in [0.717, 1.165) is 22.1 Å². The molecule has 3 nitrogen and oxygen atoms in total. The molecule has 0 bridgehead atoms. The van der Waals surface area contributed by atoms with Gasteiger partial charge in [-0.1, -0.05) is 42.0 Å². The number of hydrogen-bond acceptors (Lipinski definition) is 3. The number of ether oxygens (including phenoxy) is 1. The van der Waals surface area contributed by atoms with Gasteiger partial charge in [0.05, 0.1) is 0 Å². The predicted molar refractivity (Wildman–Crippen MR) is 109 cm³/mol. The monoisotopic (exact) mass is 362 g/mol. The number of nitriles is 2. The van der Waals surface area contributed by atoms with Crippen molar-refractivity contribution in [2.24, 2.45) is 0 Å². The van der Waals surface area contributed by atoms with E-state index in [2.05, 4.69) is 39.0 Å². The Morgan fingerprint density at radius 1 is 0.821 bits per heavy atom. The van der Waals surface area contributed by atoms with Gasteiger partial charge in [0.1, 0.15) is 29.2 Å². The third-order valence-electron chi connectivity index (χ3n) is 5.07. The zero-order valence-corrected chi connectivity index (χ0v) is 16.0. The second-order valence-electron chi connectivity index (χ2n) is 7.06. The summed E-state index contributed by atoms with van der Waals surface area (Å²) in [5.41, 5.74) is 7.09. The van der Waals surface area contributed by atoms with Gasteiger partial charge in [-0.2, -0.15) is 10.5 Å². The first-order valence-electron chi connectivity index (χ1n) is 9.08. The van der Waals surface area contributed by atoms with E-state index in [4.69, 9.17) is 4.74 Å². The lowest BCUT2D eigenvalue weighted by Gasteiger charge is -2.23. The summed E-state index contributed by atoms with van der Waals surface area (Å²) in [6.07, 6.45) is 0. The van der Waals surface area contributed by atoms with Gasteiger partial charge in [0.2, 0.25) is 0 Å². The van der Waals surface area contributed by atoms with E-state index in [1.807, 2.05) is 42.5 Å². The molecule has 3 heteroatoms. The quantitative estimate of drug-likeness (QED) is 0.511. The number of hydrogen-bond donors (Lipinski definition) is 0. The molecule has 0 saturated carbocycles. The highest BCUT2D eigenvalue weighted by molar-refractivity contribution is 5.87. The smallest absolute Gasteiger partial charge is 0.137 e. The minimum atomic E-state index is 0.0782. The average Bonchev–Trinajstić information content (AvgIpc) is 2.67. The second-order valence-corrected chi connectivity index (χ2v) is 7.06. The molecule has 1 aliphatic rings. The minimum Gasteiger partial charge on any atom is -0.456 e. The summed E-state index contributed by atoms with van der Waals surface area (Å²) in [7, 11) is 0. The number of para-hydroxylation sites is 1. The van der Waals surface area contributed by atoms with E-state index >= 15 is 0 Å². The van der Waals surface area contributed by atoms with Crippen LogP contribution in [0, 0.1) is 43.4 Å². The van der Waals surface area contributed by atoms with Gasteiger partial charge in [-0.25, -0.2) is 0 Å². The van der Waals surface area contributed by atoms with Gasteiger partial charge in [-0.05, 0) is 55.7 Å². The van der Waals surface area contributed by atoms with Crippen molar-refractivity contribution in [2.75, 3.05) is 0 Å². The van der Waals surface area contributed by atoms with Gasteiger partial charge in [-0.3, -0.25) is 0 Å². The van der Waals surface area contributed by atoms with Gasteiger partial charge in [0.25, 0.3) is 0 Å². The minimum absolute atomic E-state index is 0.0782. The Labute approximate surface area is 164 Å². The van der Waals surface area contributed by atoms with Crippen molar-refractivity contribution in [3.05, 3.63) is 92.9 Å². The summed E-state index contributed by atoms with van der Waals surface area (Å²) in [6, 6.07) is 21.8. The molecule has 1 aliphatic heterocycles. The maximum Gasteiger partial charge on any atom is 0.137 e. The molecule has 0 spiro atoms. The Balaban J connectivity index is 2.17. The van der Waals surface area contributed by atoms with Crippen LogP contribution in [0.2, 0.25) is 0 Å². The van der Waals surface area contributed by atoms with Crippen LogP contribution < -0.4 is 15.2 Å². The first-order valence-corrected chi connectivity index (χ1v) is 9.08. The highest BCUT2D eigenvalue weighted by Gasteiger charge is 2.22. The lowest BCUT2D eigenvalue weighted by molar-refractivity contribution is 0.472. The molecule has 0 radical (unpaired) electrons. The number of benzene rings is 3. The van der Waals surface area contributed by atoms with Crippen LogP contribution >= 0.6 is 0 Å². The maximum atomic E-state index is 9.21. The third-order valence-corrected chi connectivity index (χ3v) is 5.07. The Morgan fingerprint density at radius 2 is 1.50 bits per heavy atom. The summed E-state index contributed by atoms with van der Waals surface area (Å²) in [5, 5.41) is 20.0. The van der Waals surface area contributed by atoms with E-state index < -0.39 is 0 Å². The first kappa shape index (κ1) is 17.6. The number of rotatable bonds is 1. The molecule has 3 aromatic carbocycles. The molecular weight excluding hydrogens is 344 g/mol. The van der Waals surface area contributed by atoms with E-state index in [0.29, 0.717) is 11.0 Å². The molecule has 4 rings (SSSR count). The highest BCUT2D eigenvalue weighted by Crippen LogP contribution is 2.37. The van der Waals surface area contributed by atoms with Crippen LogP contribution in [0.1, 0.15) is 27.8 Å². The Bertz CT molecular complexity index is 1300. The molecule has 0 amide bonds. The standard InChI is InChI=1S/C25H18N2O/c1-15-10-16(2)24(17(3)11-15)25-20-6-4-5-7-22(20)28-23-12-18(8-9-21(23)25)19(13-26)14-27/h4-12H,1-3H3. The van der Waals surface area contributed by atoms with E-state index in [1.165, 1.54) is 22.3 Å². The van der Waals surface area contributed by atoms with Crippen molar-refractivity contribution >= 4 is 11.1 Å². The summed E-state index contributed by atoms with van der Waals surface area (Å²) >= 11 is 0. The third kappa shape index (κ3) is 2.75. The van der Waals surface area contributed by atoms with Gasteiger partial charge in [-0.15, -0.1) is 0 Å². The number of fused-ring (bicyclic) bond motifs is 2. The molecule has 0 aliphatic carbocycles. The molecule has 0 saturated heterocycles. The van der Waals surface area contributed by atoms with Crippen LogP contribution in [0.15, 0.2) is 54.6 Å². The zero-order valence-electron chi connectivity index (χ0n) is 16.0. The molecule has 28 heavy (non-hydrogen) atoms. The predicted octanol–water partition coefficient (Wildman–Crippen LogP) is 4.16. The molecule has 0 aromatic heterocycles. The van der Waals surface area contributed by atoms with E-state index in [-0.39, 0.29) is 5.57 Å². The fourth-order valence-corrected chi connectivity index (χ4v) is 3.99. The number of nitrogens with zero attached hydrogens (tertiary/aromatic N) is 2. The zero-order chi connectivity index (χ0) is 19.8. The van der Waals surface area contributed by atoms with Gasteiger partial charge >= 0.3 is 0 Å². The first-order chi connectivity index (χ1) is 13.5. The van der Waals surface area contributed by atoms with Crippen LogP contribution in [0.25, 0.3) is 11.1 Å². The summed E-state index contributed by atoms with van der Waals surface area (Å²) < 4.78 is 6.16. The lowest BCUT2D eigenvalue weighted by atomic mass is 9.86. The molecule has 0 fully saturated rings. The SMILES string of the molecule is Cc1cc(C)c(C2=c3ccc(=C(C#N)C#N)cc3Oc3ccccc32)c(C)c1. The van der Waals surface area contributed by atoms with Crippen LogP contribution in [-0.4, -0.2) is 0 Å². The molecular formula is C25H18N2O. The summed E-state index contributed by atoms with van der Waals surface area (Å²) in [4.78, 5) is 0. The average molecular weight is 362 g/mol. The molecule has 3 aromatic rings. The molecule has 1 heterocycles. The van der Waals surface area contributed by atoms with Crippen molar-refractivity contribution in [3.8, 4) is 23.6 Å². The van der Waals surface area contributed by atoms with Crippen LogP contribution in [-0.2, 0) is 0 Å². The van der Waals surface area contributed by atoms with Crippen molar-refractivity contribution in [3.63, 3.8) is 0 Å². The Morgan fingerprint density at radius 3 is 2.18 bits per heavy atom. The van der Waals surface area contributed by atoms with Gasteiger partial charge < -0.3 is 4.74 Å². The summed E-state index contributed by atoms with van der Waals surface area (Å²) in [5.74, 6) is 1.44. The van der Waals surface area contributed by atoms with Crippen molar-refractivity contribution in [1.82, 2.24) is 0 Å². The molecule has 0 atom stereocenters.